The van der Waals surface area contributed by atoms with Crippen molar-refractivity contribution in [3.05, 3.63) is 95.3 Å². The molecule has 0 bridgehead atoms. The van der Waals surface area contributed by atoms with Crippen LogP contribution in [-0.2, 0) is 27.5 Å². The third-order valence-corrected chi connectivity index (χ3v) is 5.85. The van der Waals surface area contributed by atoms with Crippen molar-refractivity contribution < 1.29 is 24.2 Å². The summed E-state index contributed by atoms with van der Waals surface area (Å²) in [5, 5.41) is 17.6. The number of benzene rings is 2. The van der Waals surface area contributed by atoms with Gasteiger partial charge in [-0.3, -0.25) is 19.5 Å². The molecule has 0 aliphatic heterocycles. The van der Waals surface area contributed by atoms with Crippen LogP contribution in [0.25, 0.3) is 11.1 Å². The van der Waals surface area contributed by atoms with Crippen molar-refractivity contribution in [3.63, 3.8) is 0 Å². The Balaban J connectivity index is 1.48. The summed E-state index contributed by atoms with van der Waals surface area (Å²) in [5.74, 6) is -0.861. The van der Waals surface area contributed by atoms with E-state index in [0.29, 0.717) is 11.5 Å². The number of aliphatic carboxylic acids is 1. The predicted molar refractivity (Wildman–Crippen MR) is 150 cm³/mol. The van der Waals surface area contributed by atoms with Gasteiger partial charge in [-0.15, -0.1) is 0 Å². The Morgan fingerprint density at radius 2 is 1.78 bits per heavy atom. The number of aromatic amines is 1. The number of imidazole rings is 1. The second kappa shape index (κ2) is 14.1. The average molecular weight is 560 g/mol. The van der Waals surface area contributed by atoms with Crippen molar-refractivity contribution in [2.24, 2.45) is 0 Å². The highest BCUT2D eigenvalue weighted by molar-refractivity contribution is 5.89. The first kappa shape index (κ1) is 28.5. The Morgan fingerprint density at radius 3 is 2.46 bits per heavy atom. The van der Waals surface area contributed by atoms with Crippen LogP contribution in [0.15, 0.2) is 84.0 Å². The molecule has 4 aromatic rings. The van der Waals surface area contributed by atoms with Gasteiger partial charge in [-0.05, 0) is 11.1 Å². The first-order chi connectivity index (χ1) is 19.9. The molecule has 0 spiro atoms. The van der Waals surface area contributed by atoms with Crippen LogP contribution in [0.1, 0.15) is 18.4 Å². The first-order valence-corrected chi connectivity index (χ1v) is 12.8. The Morgan fingerprint density at radius 1 is 1.05 bits per heavy atom. The highest BCUT2D eigenvalue weighted by Crippen LogP contribution is 2.25. The fourth-order valence-electron chi connectivity index (χ4n) is 3.95. The lowest BCUT2D eigenvalue weighted by molar-refractivity contribution is -0.137. The molecule has 2 aromatic carbocycles. The van der Waals surface area contributed by atoms with E-state index in [1.807, 2.05) is 48.5 Å². The molecule has 0 aliphatic carbocycles. The van der Waals surface area contributed by atoms with E-state index in [9.17, 15) is 24.3 Å². The zero-order valence-electron chi connectivity index (χ0n) is 21.9. The predicted octanol–water partition coefficient (Wildman–Crippen LogP) is 2.84. The summed E-state index contributed by atoms with van der Waals surface area (Å²) in [6.07, 6.45) is 3.47. The fourth-order valence-corrected chi connectivity index (χ4v) is 3.95. The van der Waals surface area contributed by atoms with E-state index in [-0.39, 0.29) is 37.8 Å². The van der Waals surface area contributed by atoms with Crippen molar-refractivity contribution in [2.75, 3.05) is 17.2 Å². The molecule has 0 aliphatic rings. The lowest BCUT2D eigenvalue weighted by Gasteiger charge is -2.19. The molecule has 2 heterocycles. The van der Waals surface area contributed by atoms with Gasteiger partial charge in [-0.25, -0.2) is 14.6 Å². The van der Waals surface area contributed by atoms with Crippen molar-refractivity contribution in [1.29, 1.82) is 0 Å². The molecule has 13 heteroatoms. The molecule has 2 aromatic heterocycles. The quantitative estimate of drug-likeness (QED) is 0.165. The number of hydrogen-bond donors (Lipinski definition) is 5. The van der Waals surface area contributed by atoms with E-state index in [2.05, 4.69) is 30.9 Å². The number of ether oxygens (including phenoxy) is 1. The van der Waals surface area contributed by atoms with Gasteiger partial charge in [0.05, 0.1) is 12.5 Å². The van der Waals surface area contributed by atoms with Crippen molar-refractivity contribution in [2.45, 2.75) is 32.0 Å². The SMILES string of the molecule is O=C(O)CC(Cn1cc(-c2ccccc2)c(NCCC(=O)Nc2ncc[nH]2)nc1=O)NC(=O)OCc1ccccc1. The molecule has 5 N–H and O–H groups in total. The van der Waals surface area contributed by atoms with Crippen LogP contribution in [0, 0.1) is 0 Å². The summed E-state index contributed by atoms with van der Waals surface area (Å²) in [6, 6.07) is 17.2. The number of carbonyl (C=O) groups excluding carboxylic acids is 2. The van der Waals surface area contributed by atoms with E-state index in [0.717, 1.165) is 11.1 Å². The summed E-state index contributed by atoms with van der Waals surface area (Å²) < 4.78 is 6.46. The third kappa shape index (κ3) is 8.78. The monoisotopic (exact) mass is 559 g/mol. The molecular weight excluding hydrogens is 530 g/mol. The Labute approximate surface area is 234 Å². The van der Waals surface area contributed by atoms with Crippen LogP contribution < -0.4 is 21.6 Å². The van der Waals surface area contributed by atoms with E-state index in [1.54, 1.807) is 24.5 Å². The molecular formula is C28H29N7O6. The zero-order chi connectivity index (χ0) is 29.0. The van der Waals surface area contributed by atoms with Crippen LogP contribution in [0.3, 0.4) is 0 Å². The third-order valence-electron chi connectivity index (χ3n) is 5.85. The highest BCUT2D eigenvalue weighted by atomic mass is 16.5. The number of alkyl carbamates (subject to hydrolysis) is 1. The molecule has 2 amide bonds. The second-order valence-electron chi connectivity index (χ2n) is 8.97. The topological polar surface area (TPSA) is 180 Å². The fraction of sp³-hybridized carbons (Fsp3) is 0.214. The molecule has 13 nitrogen and oxygen atoms in total. The normalized spacial score (nSPS) is 11.3. The number of H-pyrrole nitrogens is 1. The van der Waals surface area contributed by atoms with Crippen molar-refractivity contribution in [1.82, 2.24) is 24.8 Å². The summed E-state index contributed by atoms with van der Waals surface area (Å²) >= 11 is 0. The van der Waals surface area contributed by atoms with Gasteiger partial charge in [-0.1, -0.05) is 60.7 Å². The molecule has 1 atom stereocenters. The van der Waals surface area contributed by atoms with Crippen LogP contribution >= 0.6 is 0 Å². The highest BCUT2D eigenvalue weighted by Gasteiger charge is 2.20. The number of nitrogens with zero attached hydrogens (tertiary/aromatic N) is 3. The standard InChI is InChI=1S/C28H29N7O6/c36-23(33-26-30-13-14-31-26)11-12-29-25-22(20-9-5-2-6-10-20)17-35(27(39)34-25)16-21(15-24(37)38)32-28(40)41-18-19-7-3-1-4-8-19/h1-10,13-14,17,21H,11-12,15-16,18H2,(H,32,40)(H,37,38)(H,29,34,39)(H2,30,31,33,36). The largest absolute Gasteiger partial charge is 0.481 e. The number of carboxylic acids is 1. The number of hydrogen-bond acceptors (Lipinski definition) is 8. The minimum atomic E-state index is -1.16. The van der Waals surface area contributed by atoms with Crippen LogP contribution in [0.4, 0.5) is 16.6 Å². The first-order valence-electron chi connectivity index (χ1n) is 12.8. The Hall–Kier alpha value is -5.46. The van der Waals surface area contributed by atoms with Gasteiger partial charge in [0, 0.05) is 43.7 Å². The smallest absolute Gasteiger partial charge is 0.407 e. The number of carboxylic acid groups (broad SMARTS) is 1. The van der Waals surface area contributed by atoms with Gasteiger partial charge in [0.2, 0.25) is 11.9 Å². The van der Waals surface area contributed by atoms with E-state index in [4.69, 9.17) is 4.74 Å². The lowest BCUT2D eigenvalue weighted by atomic mass is 10.1. The maximum atomic E-state index is 13.0. The number of amides is 2. The average Bonchev–Trinajstić information content (AvgIpc) is 3.47. The number of aromatic nitrogens is 4. The Bertz CT molecular complexity index is 1510. The van der Waals surface area contributed by atoms with Gasteiger partial charge in [0.15, 0.2) is 0 Å². The molecule has 41 heavy (non-hydrogen) atoms. The summed E-state index contributed by atoms with van der Waals surface area (Å²) in [6.45, 7) is 0.0234. The molecule has 212 valence electrons. The number of carbonyl (C=O) groups is 3. The van der Waals surface area contributed by atoms with Crippen LogP contribution in [0.5, 0.6) is 0 Å². The summed E-state index contributed by atoms with van der Waals surface area (Å²) in [5.41, 5.74) is 1.40. The molecule has 1 unspecified atom stereocenters. The van der Waals surface area contributed by atoms with Crippen LogP contribution in [0.2, 0.25) is 0 Å². The molecule has 0 saturated carbocycles. The van der Waals surface area contributed by atoms with Gasteiger partial charge in [0.25, 0.3) is 0 Å². The number of nitrogens with one attached hydrogen (secondary N) is 4. The lowest BCUT2D eigenvalue weighted by Crippen LogP contribution is -2.42. The molecule has 0 saturated heterocycles. The van der Waals surface area contributed by atoms with Gasteiger partial charge >= 0.3 is 17.8 Å². The van der Waals surface area contributed by atoms with E-state index in [1.165, 1.54) is 10.8 Å². The van der Waals surface area contributed by atoms with Crippen molar-refractivity contribution in [3.8, 4) is 11.1 Å². The minimum absolute atomic E-state index is 0.00598. The van der Waals surface area contributed by atoms with Gasteiger partial charge in [-0.2, -0.15) is 4.98 Å². The summed E-state index contributed by atoms with van der Waals surface area (Å²) in [7, 11) is 0. The minimum Gasteiger partial charge on any atom is -0.481 e. The van der Waals surface area contributed by atoms with Gasteiger partial charge < -0.3 is 25.5 Å². The van der Waals surface area contributed by atoms with E-state index < -0.39 is 30.2 Å². The number of rotatable bonds is 13. The Kier molecular flexibility index (Phi) is 9.80. The second-order valence-corrected chi connectivity index (χ2v) is 8.97. The maximum Gasteiger partial charge on any atom is 0.407 e. The zero-order valence-corrected chi connectivity index (χ0v) is 21.9. The number of anilines is 2. The van der Waals surface area contributed by atoms with Crippen LogP contribution in [-0.4, -0.2) is 55.2 Å². The van der Waals surface area contributed by atoms with Crippen molar-refractivity contribution >= 4 is 29.7 Å². The summed E-state index contributed by atoms with van der Waals surface area (Å²) in [4.78, 5) is 60.0. The van der Waals surface area contributed by atoms with Gasteiger partial charge in [0.1, 0.15) is 12.4 Å². The molecule has 4 rings (SSSR count). The maximum absolute atomic E-state index is 13.0. The van der Waals surface area contributed by atoms with E-state index >= 15 is 0 Å². The molecule has 0 radical (unpaired) electrons. The molecule has 0 fully saturated rings.